The average molecular weight is 412 g/mol. The van der Waals surface area contributed by atoms with Gasteiger partial charge in [-0.2, -0.15) is 5.10 Å². The summed E-state index contributed by atoms with van der Waals surface area (Å²) in [6, 6.07) is 13.2. The fourth-order valence-electron chi connectivity index (χ4n) is 3.87. The third kappa shape index (κ3) is 3.79. The molecule has 2 aromatic rings. The predicted molar refractivity (Wildman–Crippen MR) is 114 cm³/mol. The number of carbonyl (C=O) groups excluding carboxylic acids is 1. The number of rotatable bonds is 3. The summed E-state index contributed by atoms with van der Waals surface area (Å²) in [7, 11) is -3.96. The number of fused-ring (bicyclic) bond motifs is 1. The van der Waals surface area contributed by atoms with E-state index in [2.05, 4.69) is 5.10 Å². The maximum absolute atomic E-state index is 13.2. The Hall–Kier alpha value is -2.67. The lowest BCUT2D eigenvalue weighted by Crippen LogP contribution is -2.45. The first-order chi connectivity index (χ1) is 13.9. The second kappa shape index (κ2) is 7.63. The highest BCUT2D eigenvalue weighted by molar-refractivity contribution is 8.08. The molecule has 0 aromatic heterocycles. The predicted octanol–water partition coefficient (Wildman–Crippen LogP) is 3.42. The van der Waals surface area contributed by atoms with Crippen LogP contribution in [0.25, 0.3) is 0 Å². The van der Waals surface area contributed by atoms with Crippen molar-refractivity contribution in [1.29, 1.82) is 0 Å². The van der Waals surface area contributed by atoms with Gasteiger partial charge in [0.1, 0.15) is 0 Å². The van der Waals surface area contributed by atoms with Crippen LogP contribution in [0.1, 0.15) is 36.0 Å². The number of benzene rings is 2. The molecular weight excluding hydrogens is 386 g/mol. The van der Waals surface area contributed by atoms with E-state index in [0.717, 1.165) is 36.0 Å². The molecule has 6 nitrogen and oxygen atoms in total. The summed E-state index contributed by atoms with van der Waals surface area (Å²) in [6.07, 6.45) is 2.84. The van der Waals surface area contributed by atoms with Gasteiger partial charge in [-0.05, 0) is 56.4 Å². The number of hydrogen-bond acceptors (Lipinski definition) is 5. The van der Waals surface area contributed by atoms with Crippen LogP contribution in [0.4, 0.5) is 5.69 Å². The van der Waals surface area contributed by atoms with Gasteiger partial charge in [-0.25, -0.2) is 8.42 Å². The molecule has 7 heteroatoms. The van der Waals surface area contributed by atoms with Crippen LogP contribution in [-0.4, -0.2) is 37.4 Å². The lowest BCUT2D eigenvalue weighted by atomic mass is 10.1. The maximum Gasteiger partial charge on any atom is 0.286 e. The molecule has 0 bridgehead atoms. The topological polar surface area (TPSA) is 70.1 Å². The minimum absolute atomic E-state index is 0.145. The molecule has 0 spiro atoms. The molecule has 2 heterocycles. The van der Waals surface area contributed by atoms with Gasteiger partial charge in [-0.3, -0.25) is 9.80 Å². The highest BCUT2D eigenvalue weighted by Gasteiger charge is 2.39. The third-order valence-electron chi connectivity index (χ3n) is 5.39. The Morgan fingerprint density at radius 2 is 1.72 bits per heavy atom. The van der Waals surface area contributed by atoms with Gasteiger partial charge in [-0.1, -0.05) is 35.9 Å². The minimum atomic E-state index is -3.96. The van der Waals surface area contributed by atoms with Gasteiger partial charge in [0.25, 0.3) is 5.91 Å². The molecule has 1 amide bonds. The molecule has 0 unspecified atom stereocenters. The van der Waals surface area contributed by atoms with Gasteiger partial charge in [0, 0.05) is 13.1 Å². The number of nitrogens with zero attached hydrogens (tertiary/aromatic N) is 3. The normalized spacial score (nSPS) is 18.2. The van der Waals surface area contributed by atoms with Crippen LogP contribution in [0.3, 0.4) is 0 Å². The van der Waals surface area contributed by atoms with Gasteiger partial charge in [0.15, 0.2) is 0 Å². The van der Waals surface area contributed by atoms with E-state index in [4.69, 9.17) is 0 Å². The lowest BCUT2D eigenvalue weighted by molar-refractivity contribution is -0.124. The van der Waals surface area contributed by atoms with Crippen molar-refractivity contribution in [3.63, 3.8) is 0 Å². The molecule has 29 heavy (non-hydrogen) atoms. The van der Waals surface area contributed by atoms with Crippen molar-refractivity contribution in [3.05, 3.63) is 59.2 Å². The summed E-state index contributed by atoms with van der Waals surface area (Å²) in [5.41, 5.74) is 3.58. The van der Waals surface area contributed by atoms with Crippen LogP contribution in [0.2, 0.25) is 0 Å². The average Bonchev–Trinajstić information content (AvgIpc) is 2.70. The van der Waals surface area contributed by atoms with Crippen molar-refractivity contribution in [2.75, 3.05) is 18.1 Å². The van der Waals surface area contributed by atoms with E-state index in [0.29, 0.717) is 25.3 Å². The summed E-state index contributed by atoms with van der Waals surface area (Å²) in [5.74, 6) is -0.495. The van der Waals surface area contributed by atoms with Crippen molar-refractivity contribution in [2.45, 2.75) is 44.6 Å². The highest BCUT2D eigenvalue weighted by atomic mass is 32.2. The largest absolute Gasteiger partial charge is 0.337 e. The van der Waals surface area contributed by atoms with E-state index >= 15 is 0 Å². The zero-order chi connectivity index (χ0) is 20.6. The summed E-state index contributed by atoms with van der Waals surface area (Å²) in [5, 5.41) is 5.66. The Morgan fingerprint density at radius 1 is 1.00 bits per heavy atom. The standard InChI is InChI=1S/C22H25N3O3S/c1-16-7-6-8-18(13-16)15-25-19-14-17(2)9-10-20(19)29(27,28)21(23-25)22(26)24-11-4-3-5-12-24/h6-10,13-14H,3-5,11-12,15H2,1-2H3. The molecule has 0 aliphatic carbocycles. The van der Waals surface area contributed by atoms with E-state index in [1.54, 1.807) is 22.0 Å². The summed E-state index contributed by atoms with van der Waals surface area (Å²) >= 11 is 0. The molecule has 0 radical (unpaired) electrons. The minimum Gasteiger partial charge on any atom is -0.337 e. The van der Waals surface area contributed by atoms with Crippen molar-refractivity contribution in [3.8, 4) is 0 Å². The molecule has 0 N–H and O–H groups in total. The monoisotopic (exact) mass is 411 g/mol. The Labute approximate surface area is 171 Å². The van der Waals surface area contributed by atoms with Crippen LogP contribution in [0, 0.1) is 13.8 Å². The molecular formula is C22H25N3O3S. The van der Waals surface area contributed by atoms with Crippen LogP contribution in [0.15, 0.2) is 52.5 Å². The van der Waals surface area contributed by atoms with Crippen LogP contribution in [-0.2, 0) is 21.2 Å². The molecule has 2 aliphatic heterocycles. The smallest absolute Gasteiger partial charge is 0.286 e. The van der Waals surface area contributed by atoms with Crippen LogP contribution < -0.4 is 5.01 Å². The number of hydrogen-bond donors (Lipinski definition) is 0. The number of piperidine rings is 1. The number of amides is 1. The maximum atomic E-state index is 13.2. The molecule has 152 valence electrons. The van der Waals surface area contributed by atoms with Gasteiger partial charge >= 0.3 is 0 Å². The summed E-state index contributed by atoms with van der Waals surface area (Å²) in [6.45, 7) is 5.47. The Kier molecular flexibility index (Phi) is 5.17. The van der Waals surface area contributed by atoms with Crippen LogP contribution >= 0.6 is 0 Å². The Bertz CT molecular complexity index is 1090. The Morgan fingerprint density at radius 3 is 2.45 bits per heavy atom. The molecule has 2 aliphatic rings. The molecule has 1 fully saturated rings. The quantitative estimate of drug-likeness (QED) is 0.776. The van der Waals surface area contributed by atoms with Gasteiger partial charge in [-0.15, -0.1) is 0 Å². The molecule has 0 atom stereocenters. The number of sulfone groups is 1. The number of aryl methyl sites for hydroxylation is 2. The van der Waals surface area contributed by atoms with Crippen molar-refractivity contribution in [1.82, 2.24) is 4.90 Å². The molecule has 0 saturated carbocycles. The summed E-state index contributed by atoms with van der Waals surface area (Å²) in [4.78, 5) is 14.8. The first-order valence-electron chi connectivity index (χ1n) is 9.93. The SMILES string of the molecule is Cc1cccc(CN2N=C(C(=O)N3CCCCC3)S(=O)(=O)c3ccc(C)cc32)c1. The number of likely N-dealkylation sites (tertiary alicyclic amines) is 1. The van der Waals surface area contributed by atoms with Gasteiger partial charge < -0.3 is 4.90 Å². The highest BCUT2D eigenvalue weighted by Crippen LogP contribution is 2.34. The van der Waals surface area contributed by atoms with E-state index in [1.807, 2.05) is 44.2 Å². The fourth-order valence-corrected chi connectivity index (χ4v) is 5.33. The first-order valence-corrected chi connectivity index (χ1v) is 11.4. The molecule has 2 aromatic carbocycles. The lowest BCUT2D eigenvalue weighted by Gasteiger charge is -2.31. The molecule has 1 saturated heterocycles. The van der Waals surface area contributed by atoms with Crippen molar-refractivity contribution >= 4 is 26.5 Å². The first kappa shape index (κ1) is 19.6. The van der Waals surface area contributed by atoms with Gasteiger partial charge in [0.2, 0.25) is 14.9 Å². The van der Waals surface area contributed by atoms with Crippen LogP contribution in [0.5, 0.6) is 0 Å². The van der Waals surface area contributed by atoms with Gasteiger partial charge in [0.05, 0.1) is 17.1 Å². The van der Waals surface area contributed by atoms with E-state index in [1.165, 1.54) is 0 Å². The van der Waals surface area contributed by atoms with E-state index in [9.17, 15) is 13.2 Å². The Balaban J connectivity index is 1.79. The van der Waals surface area contributed by atoms with E-state index in [-0.39, 0.29) is 9.94 Å². The zero-order valence-electron chi connectivity index (χ0n) is 16.8. The second-order valence-corrected chi connectivity index (χ2v) is 9.61. The third-order valence-corrected chi connectivity index (χ3v) is 7.08. The van der Waals surface area contributed by atoms with Crippen molar-refractivity contribution in [2.24, 2.45) is 5.10 Å². The zero-order valence-corrected chi connectivity index (χ0v) is 17.6. The number of carbonyl (C=O) groups is 1. The summed E-state index contributed by atoms with van der Waals surface area (Å²) < 4.78 is 26.5. The second-order valence-electron chi connectivity index (χ2n) is 7.78. The van der Waals surface area contributed by atoms with E-state index < -0.39 is 15.7 Å². The number of anilines is 1. The van der Waals surface area contributed by atoms with Crippen molar-refractivity contribution < 1.29 is 13.2 Å². The molecule has 4 rings (SSSR count). The fraction of sp³-hybridized carbons (Fsp3) is 0.364. The number of hydrazone groups is 1.